The van der Waals surface area contributed by atoms with Crippen molar-refractivity contribution < 1.29 is 9.63 Å². The van der Waals surface area contributed by atoms with Gasteiger partial charge in [-0.1, -0.05) is 19.9 Å². The first-order valence-corrected chi connectivity index (χ1v) is 7.22. The van der Waals surface area contributed by atoms with E-state index in [1.165, 1.54) is 4.88 Å². The average molecular weight is 259 g/mol. The van der Waals surface area contributed by atoms with E-state index in [2.05, 4.69) is 11.5 Å². The second-order valence-corrected chi connectivity index (χ2v) is 5.82. The van der Waals surface area contributed by atoms with E-state index in [9.17, 15) is 4.79 Å². The molecule has 0 aliphatic heterocycles. The molecule has 90 valence electrons. The fourth-order valence-corrected chi connectivity index (χ4v) is 2.61. The maximum atomic E-state index is 11.3. The van der Waals surface area contributed by atoms with Gasteiger partial charge in [0, 0.05) is 10.6 Å². The maximum Gasteiger partial charge on any atom is 0.253 e. The second kappa shape index (κ2) is 7.70. The van der Waals surface area contributed by atoms with Crippen molar-refractivity contribution in [3.05, 3.63) is 22.4 Å². The van der Waals surface area contributed by atoms with Crippen LogP contribution in [0.4, 0.5) is 0 Å². The Kier molecular flexibility index (Phi) is 6.52. The zero-order valence-electron chi connectivity index (χ0n) is 9.56. The van der Waals surface area contributed by atoms with Crippen LogP contribution in [0, 0.1) is 5.92 Å². The molecule has 1 aromatic rings. The highest BCUT2D eigenvalue weighted by Crippen LogP contribution is 2.16. The summed E-state index contributed by atoms with van der Waals surface area (Å²) < 4.78 is 0. The molecule has 0 aromatic carbocycles. The molecule has 16 heavy (non-hydrogen) atoms. The summed E-state index contributed by atoms with van der Waals surface area (Å²) in [6.07, 6.45) is 0. The lowest BCUT2D eigenvalue weighted by atomic mass is 10.2. The van der Waals surface area contributed by atoms with Crippen molar-refractivity contribution in [2.75, 3.05) is 12.4 Å². The molecule has 0 bridgehead atoms. The van der Waals surface area contributed by atoms with Crippen LogP contribution in [-0.2, 0) is 15.4 Å². The Morgan fingerprint density at radius 2 is 2.44 bits per heavy atom. The Hall–Kier alpha value is -0.520. The highest BCUT2D eigenvalue weighted by atomic mass is 32.2. The summed E-state index contributed by atoms with van der Waals surface area (Å²) in [5.74, 6) is 1.69. The van der Waals surface area contributed by atoms with E-state index >= 15 is 0 Å². The molecule has 1 heterocycles. The van der Waals surface area contributed by atoms with E-state index in [0.29, 0.717) is 18.3 Å². The van der Waals surface area contributed by atoms with E-state index in [-0.39, 0.29) is 5.91 Å². The number of thioether (sulfide) groups is 1. The molecule has 0 saturated carbocycles. The second-order valence-electron chi connectivity index (χ2n) is 3.80. The summed E-state index contributed by atoms with van der Waals surface area (Å²) in [4.78, 5) is 17.6. The number of hydrogen-bond acceptors (Lipinski definition) is 4. The van der Waals surface area contributed by atoms with Crippen molar-refractivity contribution in [3.8, 4) is 0 Å². The lowest BCUT2D eigenvalue weighted by Gasteiger charge is -2.07. The van der Waals surface area contributed by atoms with Crippen LogP contribution in [0.2, 0.25) is 0 Å². The smallest absolute Gasteiger partial charge is 0.253 e. The molecule has 0 unspecified atom stereocenters. The lowest BCUT2D eigenvalue weighted by Crippen LogP contribution is -2.27. The molecule has 0 spiro atoms. The standard InChI is InChI=1S/C11H17NO2S2/c1-9(2)6-14-12-11(13)8-15-7-10-4-3-5-16-10/h3-5,9H,6-8H2,1-2H3,(H,12,13). The van der Waals surface area contributed by atoms with Crippen molar-refractivity contribution in [1.29, 1.82) is 0 Å². The topological polar surface area (TPSA) is 38.3 Å². The summed E-state index contributed by atoms with van der Waals surface area (Å²) in [6, 6.07) is 4.09. The minimum Gasteiger partial charge on any atom is -0.273 e. The maximum absolute atomic E-state index is 11.3. The molecule has 0 aliphatic carbocycles. The first kappa shape index (κ1) is 13.5. The van der Waals surface area contributed by atoms with Gasteiger partial charge >= 0.3 is 0 Å². The summed E-state index contributed by atoms with van der Waals surface area (Å²) in [6.45, 7) is 4.64. The normalized spacial score (nSPS) is 10.7. The molecule has 1 rings (SSSR count). The van der Waals surface area contributed by atoms with Crippen LogP contribution in [0.5, 0.6) is 0 Å². The number of hydrogen-bond donors (Lipinski definition) is 1. The Balaban J connectivity index is 2.02. The third-order valence-electron chi connectivity index (χ3n) is 1.66. The van der Waals surface area contributed by atoms with Gasteiger partial charge in [-0.15, -0.1) is 23.1 Å². The Morgan fingerprint density at radius 3 is 3.06 bits per heavy atom. The number of hydroxylamine groups is 1. The van der Waals surface area contributed by atoms with Crippen LogP contribution in [0.25, 0.3) is 0 Å². The summed E-state index contributed by atoms with van der Waals surface area (Å²) >= 11 is 3.31. The molecule has 0 fully saturated rings. The number of thiophene rings is 1. The quantitative estimate of drug-likeness (QED) is 0.765. The van der Waals surface area contributed by atoms with Gasteiger partial charge in [0.25, 0.3) is 5.91 Å². The van der Waals surface area contributed by atoms with Crippen molar-refractivity contribution in [2.45, 2.75) is 19.6 Å². The summed E-state index contributed by atoms with van der Waals surface area (Å²) in [5, 5.41) is 2.04. The monoisotopic (exact) mass is 259 g/mol. The third kappa shape index (κ3) is 6.15. The molecular weight excluding hydrogens is 242 g/mol. The van der Waals surface area contributed by atoms with Crippen LogP contribution in [-0.4, -0.2) is 18.3 Å². The van der Waals surface area contributed by atoms with Crippen LogP contribution >= 0.6 is 23.1 Å². The lowest BCUT2D eigenvalue weighted by molar-refractivity contribution is -0.131. The van der Waals surface area contributed by atoms with Gasteiger partial charge in [0.05, 0.1) is 12.4 Å². The van der Waals surface area contributed by atoms with Gasteiger partial charge in [0.2, 0.25) is 0 Å². The first-order valence-electron chi connectivity index (χ1n) is 5.19. The van der Waals surface area contributed by atoms with Gasteiger partial charge in [0.15, 0.2) is 0 Å². The van der Waals surface area contributed by atoms with Gasteiger partial charge in [-0.2, -0.15) is 0 Å². The number of rotatable bonds is 7. The third-order valence-corrected chi connectivity index (χ3v) is 3.70. The molecule has 0 radical (unpaired) electrons. The molecule has 3 nitrogen and oxygen atoms in total. The number of nitrogens with one attached hydrogen (secondary N) is 1. The minimum atomic E-state index is -0.0674. The molecule has 0 saturated heterocycles. The van der Waals surface area contributed by atoms with E-state index in [1.807, 2.05) is 25.3 Å². The van der Waals surface area contributed by atoms with Crippen LogP contribution < -0.4 is 5.48 Å². The highest BCUT2D eigenvalue weighted by Gasteiger charge is 2.03. The van der Waals surface area contributed by atoms with E-state index in [1.54, 1.807) is 23.1 Å². The zero-order valence-corrected chi connectivity index (χ0v) is 11.2. The zero-order chi connectivity index (χ0) is 11.8. The van der Waals surface area contributed by atoms with E-state index < -0.39 is 0 Å². The van der Waals surface area contributed by atoms with Crippen molar-refractivity contribution >= 4 is 29.0 Å². The van der Waals surface area contributed by atoms with Gasteiger partial charge in [-0.05, 0) is 17.4 Å². The van der Waals surface area contributed by atoms with Gasteiger partial charge in [-0.25, -0.2) is 5.48 Å². The minimum absolute atomic E-state index is 0.0674. The molecule has 5 heteroatoms. The molecule has 1 aromatic heterocycles. The Bertz CT molecular complexity index is 299. The fraction of sp³-hybridized carbons (Fsp3) is 0.545. The predicted molar refractivity (Wildman–Crippen MR) is 69.4 cm³/mol. The van der Waals surface area contributed by atoms with Gasteiger partial charge < -0.3 is 0 Å². The van der Waals surface area contributed by atoms with Crippen molar-refractivity contribution in [2.24, 2.45) is 5.92 Å². The summed E-state index contributed by atoms with van der Waals surface area (Å²) in [7, 11) is 0. The van der Waals surface area contributed by atoms with Crippen molar-refractivity contribution in [1.82, 2.24) is 5.48 Å². The van der Waals surface area contributed by atoms with E-state index in [0.717, 1.165) is 5.75 Å². The molecular formula is C11H17NO2S2. The molecule has 0 atom stereocenters. The first-order chi connectivity index (χ1) is 7.68. The largest absolute Gasteiger partial charge is 0.273 e. The molecule has 1 amide bonds. The average Bonchev–Trinajstić information content (AvgIpc) is 2.70. The summed E-state index contributed by atoms with van der Waals surface area (Å²) in [5.41, 5.74) is 2.44. The number of amides is 1. The van der Waals surface area contributed by atoms with Gasteiger partial charge in [0.1, 0.15) is 0 Å². The highest BCUT2D eigenvalue weighted by molar-refractivity contribution is 7.99. The SMILES string of the molecule is CC(C)CONC(=O)CSCc1cccs1. The Morgan fingerprint density at radius 1 is 1.62 bits per heavy atom. The van der Waals surface area contributed by atoms with Crippen LogP contribution in [0.15, 0.2) is 17.5 Å². The van der Waals surface area contributed by atoms with Gasteiger partial charge in [-0.3, -0.25) is 9.63 Å². The van der Waals surface area contributed by atoms with Crippen LogP contribution in [0.1, 0.15) is 18.7 Å². The van der Waals surface area contributed by atoms with Crippen molar-refractivity contribution in [3.63, 3.8) is 0 Å². The number of carbonyl (C=O) groups excluding carboxylic acids is 1. The number of carbonyl (C=O) groups is 1. The van der Waals surface area contributed by atoms with Crippen LogP contribution in [0.3, 0.4) is 0 Å². The molecule has 1 N–H and O–H groups in total. The molecule has 0 aliphatic rings. The Labute approximate surface area is 105 Å². The predicted octanol–water partition coefficient (Wildman–Crippen LogP) is 2.69. The fourth-order valence-electron chi connectivity index (χ4n) is 0.957. The van der Waals surface area contributed by atoms with E-state index in [4.69, 9.17) is 4.84 Å².